The number of pyridine rings is 1. The summed E-state index contributed by atoms with van der Waals surface area (Å²) < 4.78 is 1.68. The predicted octanol–water partition coefficient (Wildman–Crippen LogP) is 4.17. The molecule has 1 heterocycles. The quantitative estimate of drug-likeness (QED) is 0.863. The van der Waals surface area contributed by atoms with Crippen LogP contribution in [0, 0.1) is 6.92 Å². The van der Waals surface area contributed by atoms with Crippen molar-refractivity contribution in [2.45, 2.75) is 6.92 Å². The van der Waals surface area contributed by atoms with E-state index in [9.17, 15) is 4.79 Å². The second kappa shape index (κ2) is 5.63. The molecule has 2 rings (SSSR count). The van der Waals surface area contributed by atoms with Gasteiger partial charge < -0.3 is 5.32 Å². The first kappa shape index (κ1) is 13.2. The molecule has 1 aromatic heterocycles. The molecule has 0 aliphatic heterocycles. The van der Waals surface area contributed by atoms with Gasteiger partial charge in [0.15, 0.2) is 0 Å². The van der Waals surface area contributed by atoms with Gasteiger partial charge in [0, 0.05) is 8.95 Å². The standard InChI is InChI=1S/C13H10Br2N2O/c1-8-10(14)6-7-12(16-8)17-13(18)9-4-2-3-5-11(9)15/h2-7H,1H3,(H,16,17,18). The van der Waals surface area contributed by atoms with Gasteiger partial charge >= 0.3 is 0 Å². The summed E-state index contributed by atoms with van der Waals surface area (Å²) in [7, 11) is 0. The highest BCUT2D eigenvalue weighted by molar-refractivity contribution is 9.10. The number of amides is 1. The van der Waals surface area contributed by atoms with Crippen molar-refractivity contribution in [3.05, 3.63) is 56.6 Å². The topological polar surface area (TPSA) is 42.0 Å². The third-order valence-corrected chi connectivity index (χ3v) is 3.91. The van der Waals surface area contributed by atoms with Crippen molar-refractivity contribution in [1.29, 1.82) is 0 Å². The molecule has 1 aromatic carbocycles. The zero-order valence-electron chi connectivity index (χ0n) is 9.58. The zero-order chi connectivity index (χ0) is 13.1. The molecule has 0 aliphatic carbocycles. The number of nitrogens with zero attached hydrogens (tertiary/aromatic N) is 1. The van der Waals surface area contributed by atoms with Crippen LogP contribution in [0.2, 0.25) is 0 Å². The van der Waals surface area contributed by atoms with Gasteiger partial charge in [0.2, 0.25) is 0 Å². The number of nitrogens with one attached hydrogen (secondary N) is 1. The van der Waals surface area contributed by atoms with Gasteiger partial charge in [-0.3, -0.25) is 4.79 Å². The molecule has 1 N–H and O–H groups in total. The average Bonchev–Trinajstić information content (AvgIpc) is 2.34. The smallest absolute Gasteiger partial charge is 0.257 e. The lowest BCUT2D eigenvalue weighted by atomic mass is 10.2. The number of rotatable bonds is 2. The van der Waals surface area contributed by atoms with Crippen molar-refractivity contribution in [3.8, 4) is 0 Å². The van der Waals surface area contributed by atoms with Crippen LogP contribution in [-0.4, -0.2) is 10.9 Å². The Bertz CT molecular complexity index is 599. The molecule has 2 aromatic rings. The van der Waals surface area contributed by atoms with Crippen LogP contribution in [0.4, 0.5) is 5.82 Å². The fourth-order valence-corrected chi connectivity index (χ4v) is 2.13. The molecule has 0 atom stereocenters. The Morgan fingerprint density at radius 2 is 1.83 bits per heavy atom. The molecule has 5 heteroatoms. The average molecular weight is 370 g/mol. The number of benzene rings is 1. The third kappa shape index (κ3) is 2.97. The number of anilines is 1. The summed E-state index contributed by atoms with van der Waals surface area (Å²) in [5.41, 5.74) is 1.42. The Labute approximate surface area is 122 Å². The Morgan fingerprint density at radius 1 is 1.11 bits per heavy atom. The van der Waals surface area contributed by atoms with E-state index >= 15 is 0 Å². The minimum atomic E-state index is -0.184. The molecule has 0 bridgehead atoms. The number of carbonyl (C=O) groups excluding carboxylic acids is 1. The minimum absolute atomic E-state index is 0.184. The highest BCUT2D eigenvalue weighted by atomic mass is 79.9. The third-order valence-electron chi connectivity index (χ3n) is 2.38. The maximum Gasteiger partial charge on any atom is 0.257 e. The van der Waals surface area contributed by atoms with Crippen LogP contribution >= 0.6 is 31.9 Å². The van der Waals surface area contributed by atoms with E-state index in [-0.39, 0.29) is 5.91 Å². The molecule has 0 saturated carbocycles. The molecular formula is C13H10Br2N2O. The second-order valence-electron chi connectivity index (χ2n) is 3.70. The maximum atomic E-state index is 12.0. The van der Waals surface area contributed by atoms with Gasteiger partial charge in [0.05, 0.1) is 11.3 Å². The lowest BCUT2D eigenvalue weighted by Crippen LogP contribution is -2.13. The summed E-state index contributed by atoms with van der Waals surface area (Å²) in [4.78, 5) is 16.3. The lowest BCUT2D eigenvalue weighted by Gasteiger charge is -2.07. The van der Waals surface area contributed by atoms with Crippen molar-refractivity contribution in [1.82, 2.24) is 4.98 Å². The maximum absolute atomic E-state index is 12.0. The summed E-state index contributed by atoms with van der Waals surface area (Å²) in [5.74, 6) is 0.355. The second-order valence-corrected chi connectivity index (χ2v) is 5.41. The van der Waals surface area contributed by atoms with Crippen LogP contribution in [0.25, 0.3) is 0 Å². The fraction of sp³-hybridized carbons (Fsp3) is 0.0769. The molecule has 1 amide bonds. The highest BCUT2D eigenvalue weighted by Crippen LogP contribution is 2.19. The van der Waals surface area contributed by atoms with Crippen molar-refractivity contribution >= 4 is 43.6 Å². The van der Waals surface area contributed by atoms with Gasteiger partial charge in [-0.15, -0.1) is 0 Å². The lowest BCUT2D eigenvalue weighted by molar-refractivity contribution is 0.102. The van der Waals surface area contributed by atoms with Gasteiger partial charge in [-0.25, -0.2) is 4.98 Å². The van der Waals surface area contributed by atoms with E-state index in [1.165, 1.54) is 0 Å². The number of halogens is 2. The molecule has 0 fully saturated rings. The van der Waals surface area contributed by atoms with Gasteiger partial charge in [0.25, 0.3) is 5.91 Å². The zero-order valence-corrected chi connectivity index (χ0v) is 12.7. The summed E-state index contributed by atoms with van der Waals surface area (Å²) in [5, 5.41) is 2.77. The number of aryl methyl sites for hydroxylation is 1. The van der Waals surface area contributed by atoms with Gasteiger partial charge in [-0.1, -0.05) is 12.1 Å². The van der Waals surface area contributed by atoms with E-state index in [0.717, 1.165) is 14.6 Å². The fourth-order valence-electron chi connectivity index (χ4n) is 1.44. The first-order chi connectivity index (χ1) is 8.58. The summed E-state index contributed by atoms with van der Waals surface area (Å²) in [6.45, 7) is 1.87. The number of hydrogen-bond donors (Lipinski definition) is 1. The van der Waals surface area contributed by atoms with Crippen molar-refractivity contribution in [2.24, 2.45) is 0 Å². The summed E-state index contributed by atoms with van der Waals surface area (Å²) in [6, 6.07) is 10.9. The molecular weight excluding hydrogens is 360 g/mol. The van der Waals surface area contributed by atoms with E-state index < -0.39 is 0 Å². The summed E-state index contributed by atoms with van der Waals surface area (Å²) >= 11 is 6.72. The molecule has 0 aliphatic rings. The van der Waals surface area contributed by atoms with E-state index in [1.807, 2.05) is 31.2 Å². The Morgan fingerprint density at radius 3 is 2.50 bits per heavy atom. The van der Waals surface area contributed by atoms with Gasteiger partial charge in [0.1, 0.15) is 5.82 Å². The summed E-state index contributed by atoms with van der Waals surface area (Å²) in [6.07, 6.45) is 0. The molecule has 0 radical (unpaired) electrons. The normalized spacial score (nSPS) is 10.2. The monoisotopic (exact) mass is 368 g/mol. The van der Waals surface area contributed by atoms with E-state index in [0.29, 0.717) is 11.4 Å². The molecule has 18 heavy (non-hydrogen) atoms. The molecule has 0 unspecified atom stereocenters. The predicted molar refractivity (Wildman–Crippen MR) is 78.8 cm³/mol. The van der Waals surface area contributed by atoms with Crippen molar-refractivity contribution in [3.63, 3.8) is 0 Å². The van der Waals surface area contributed by atoms with Crippen LogP contribution < -0.4 is 5.32 Å². The largest absolute Gasteiger partial charge is 0.307 e. The first-order valence-corrected chi connectivity index (χ1v) is 6.85. The van der Waals surface area contributed by atoms with E-state index in [2.05, 4.69) is 42.2 Å². The number of carbonyl (C=O) groups is 1. The number of aromatic nitrogens is 1. The minimum Gasteiger partial charge on any atom is -0.307 e. The van der Waals surface area contributed by atoms with Crippen LogP contribution in [0.1, 0.15) is 16.1 Å². The van der Waals surface area contributed by atoms with Gasteiger partial charge in [-0.2, -0.15) is 0 Å². The van der Waals surface area contributed by atoms with Crippen LogP contribution in [0.15, 0.2) is 45.3 Å². The molecule has 0 spiro atoms. The van der Waals surface area contributed by atoms with Crippen LogP contribution in [-0.2, 0) is 0 Å². The molecule has 3 nitrogen and oxygen atoms in total. The molecule has 92 valence electrons. The van der Waals surface area contributed by atoms with E-state index in [4.69, 9.17) is 0 Å². The van der Waals surface area contributed by atoms with Gasteiger partial charge in [-0.05, 0) is 63.0 Å². The molecule has 0 saturated heterocycles. The Kier molecular flexibility index (Phi) is 4.14. The number of hydrogen-bond acceptors (Lipinski definition) is 2. The SMILES string of the molecule is Cc1nc(NC(=O)c2ccccc2Br)ccc1Br. The van der Waals surface area contributed by atoms with Crippen molar-refractivity contribution in [2.75, 3.05) is 5.32 Å². The van der Waals surface area contributed by atoms with Crippen molar-refractivity contribution < 1.29 is 4.79 Å². The van der Waals surface area contributed by atoms with Crippen LogP contribution in [0.5, 0.6) is 0 Å². The van der Waals surface area contributed by atoms with E-state index in [1.54, 1.807) is 12.1 Å². The van der Waals surface area contributed by atoms with Crippen LogP contribution in [0.3, 0.4) is 0 Å². The highest BCUT2D eigenvalue weighted by Gasteiger charge is 2.10. The Balaban J connectivity index is 2.22. The Hall–Kier alpha value is -1.20. The first-order valence-electron chi connectivity index (χ1n) is 5.27.